The van der Waals surface area contributed by atoms with Gasteiger partial charge < -0.3 is 15.2 Å². The van der Waals surface area contributed by atoms with E-state index in [1.54, 1.807) is 26.0 Å². The van der Waals surface area contributed by atoms with E-state index in [2.05, 4.69) is 6.07 Å². The van der Waals surface area contributed by atoms with Gasteiger partial charge in [0.2, 0.25) is 0 Å². The van der Waals surface area contributed by atoms with Crippen molar-refractivity contribution < 1.29 is 9.47 Å². The van der Waals surface area contributed by atoms with Crippen molar-refractivity contribution in [1.82, 2.24) is 0 Å². The maximum atomic E-state index is 5.89. The van der Waals surface area contributed by atoms with E-state index in [-0.39, 0.29) is 5.41 Å². The van der Waals surface area contributed by atoms with Crippen LogP contribution in [0.15, 0.2) is 17.0 Å². The highest BCUT2D eigenvalue weighted by molar-refractivity contribution is 7.98. The van der Waals surface area contributed by atoms with Crippen molar-refractivity contribution in [2.75, 3.05) is 27.0 Å². The second kappa shape index (κ2) is 4.78. The standard InChI is InChI=1S/C13H19NO2S/c1-15-10-5-4-9(13(8-14)6-7-13)11(16-2)12(10)17-3/h4-5H,6-8,14H2,1-3H3. The first-order valence-electron chi connectivity index (χ1n) is 5.72. The largest absolute Gasteiger partial charge is 0.495 e. The molecule has 0 radical (unpaired) electrons. The summed E-state index contributed by atoms with van der Waals surface area (Å²) in [5.74, 6) is 1.80. The Labute approximate surface area is 107 Å². The van der Waals surface area contributed by atoms with Crippen molar-refractivity contribution >= 4 is 11.8 Å². The lowest BCUT2D eigenvalue weighted by molar-refractivity contribution is 0.369. The first-order chi connectivity index (χ1) is 8.22. The number of hydrogen-bond donors (Lipinski definition) is 1. The SMILES string of the molecule is COc1ccc(C2(CN)CC2)c(OC)c1SC. The summed E-state index contributed by atoms with van der Waals surface area (Å²) >= 11 is 1.65. The van der Waals surface area contributed by atoms with Crippen LogP contribution in [0.2, 0.25) is 0 Å². The Bertz CT molecular complexity index is 416. The fourth-order valence-corrected chi connectivity index (χ4v) is 2.98. The van der Waals surface area contributed by atoms with Crippen LogP contribution in [0.4, 0.5) is 0 Å². The van der Waals surface area contributed by atoms with Crippen molar-refractivity contribution in [3.05, 3.63) is 17.7 Å². The molecular weight excluding hydrogens is 234 g/mol. The quantitative estimate of drug-likeness (QED) is 0.819. The molecule has 17 heavy (non-hydrogen) atoms. The second-order valence-corrected chi connectivity index (χ2v) is 5.18. The lowest BCUT2D eigenvalue weighted by Crippen LogP contribution is -2.20. The summed E-state index contributed by atoms with van der Waals surface area (Å²) in [5, 5.41) is 0. The van der Waals surface area contributed by atoms with Crippen LogP contribution in [0.3, 0.4) is 0 Å². The maximum Gasteiger partial charge on any atom is 0.139 e. The average molecular weight is 253 g/mol. The zero-order valence-corrected chi connectivity index (χ0v) is 11.4. The van der Waals surface area contributed by atoms with Crippen LogP contribution < -0.4 is 15.2 Å². The van der Waals surface area contributed by atoms with Crippen molar-refractivity contribution in [1.29, 1.82) is 0 Å². The van der Waals surface area contributed by atoms with Crippen molar-refractivity contribution in [3.8, 4) is 11.5 Å². The second-order valence-electron chi connectivity index (χ2n) is 4.37. The molecule has 4 heteroatoms. The molecular formula is C13H19NO2S. The topological polar surface area (TPSA) is 44.5 Å². The molecule has 0 unspecified atom stereocenters. The summed E-state index contributed by atoms with van der Waals surface area (Å²) in [5.41, 5.74) is 7.26. The lowest BCUT2D eigenvalue weighted by Gasteiger charge is -2.20. The molecule has 1 aromatic rings. The highest BCUT2D eigenvalue weighted by Crippen LogP contribution is 2.53. The van der Waals surface area contributed by atoms with Crippen molar-refractivity contribution in [3.63, 3.8) is 0 Å². The van der Waals surface area contributed by atoms with Crippen LogP contribution in [0.5, 0.6) is 11.5 Å². The molecule has 1 aliphatic carbocycles. The third kappa shape index (κ3) is 2.00. The van der Waals surface area contributed by atoms with Gasteiger partial charge in [0, 0.05) is 17.5 Å². The maximum absolute atomic E-state index is 5.89. The predicted molar refractivity (Wildman–Crippen MR) is 71.3 cm³/mol. The molecule has 0 aliphatic heterocycles. The van der Waals surface area contributed by atoms with Crippen LogP contribution in [0.25, 0.3) is 0 Å². The molecule has 0 aromatic heterocycles. The van der Waals surface area contributed by atoms with E-state index >= 15 is 0 Å². The molecule has 3 nitrogen and oxygen atoms in total. The first kappa shape index (κ1) is 12.6. The van der Waals surface area contributed by atoms with Gasteiger partial charge in [-0.2, -0.15) is 0 Å². The van der Waals surface area contributed by atoms with Gasteiger partial charge >= 0.3 is 0 Å². The Balaban J connectivity index is 2.54. The number of thioether (sulfide) groups is 1. The van der Waals surface area contributed by atoms with Crippen LogP contribution in [0.1, 0.15) is 18.4 Å². The first-order valence-corrected chi connectivity index (χ1v) is 6.94. The summed E-state index contributed by atoms with van der Waals surface area (Å²) < 4.78 is 10.9. The number of methoxy groups -OCH3 is 2. The van der Waals surface area contributed by atoms with E-state index in [0.29, 0.717) is 6.54 Å². The number of nitrogens with two attached hydrogens (primary N) is 1. The van der Waals surface area contributed by atoms with Gasteiger partial charge in [0.05, 0.1) is 19.1 Å². The summed E-state index contributed by atoms with van der Waals surface area (Å²) in [7, 11) is 3.40. The van der Waals surface area contributed by atoms with Crippen LogP contribution in [0, 0.1) is 0 Å². The van der Waals surface area contributed by atoms with E-state index in [0.717, 1.165) is 29.2 Å². The Hall–Kier alpha value is -0.870. The summed E-state index contributed by atoms with van der Waals surface area (Å²) in [6.45, 7) is 0.684. The predicted octanol–water partition coefficient (Wildman–Crippen LogP) is 2.42. The van der Waals surface area contributed by atoms with Crippen LogP contribution in [-0.4, -0.2) is 27.0 Å². The van der Waals surface area contributed by atoms with E-state index < -0.39 is 0 Å². The molecule has 0 amide bonds. The molecule has 0 saturated heterocycles. The van der Waals surface area contributed by atoms with Gasteiger partial charge in [-0.3, -0.25) is 0 Å². The number of ether oxygens (including phenoxy) is 2. The molecule has 1 aromatic carbocycles. The zero-order chi connectivity index (χ0) is 12.5. The minimum Gasteiger partial charge on any atom is -0.495 e. The zero-order valence-electron chi connectivity index (χ0n) is 10.6. The Morgan fingerprint density at radius 3 is 2.41 bits per heavy atom. The number of rotatable bonds is 5. The highest BCUT2D eigenvalue weighted by Gasteiger charge is 2.45. The summed E-state index contributed by atoms with van der Waals surface area (Å²) in [6, 6.07) is 4.11. The third-order valence-electron chi connectivity index (χ3n) is 3.52. The fourth-order valence-electron chi connectivity index (χ4n) is 2.25. The van der Waals surface area contributed by atoms with E-state index in [1.807, 2.05) is 12.3 Å². The van der Waals surface area contributed by atoms with E-state index in [1.165, 1.54) is 5.56 Å². The monoisotopic (exact) mass is 253 g/mol. The van der Waals surface area contributed by atoms with Gasteiger partial charge in [-0.1, -0.05) is 6.07 Å². The van der Waals surface area contributed by atoms with Crippen molar-refractivity contribution in [2.24, 2.45) is 5.73 Å². The van der Waals surface area contributed by atoms with Crippen LogP contribution >= 0.6 is 11.8 Å². The van der Waals surface area contributed by atoms with Gasteiger partial charge in [-0.25, -0.2) is 0 Å². The molecule has 0 bridgehead atoms. The Morgan fingerprint density at radius 1 is 1.29 bits per heavy atom. The van der Waals surface area contributed by atoms with Gasteiger partial charge in [0.1, 0.15) is 11.5 Å². The molecule has 2 rings (SSSR count). The summed E-state index contributed by atoms with van der Waals surface area (Å²) in [4.78, 5) is 1.06. The summed E-state index contributed by atoms with van der Waals surface area (Å²) in [6.07, 6.45) is 4.34. The minimum atomic E-state index is 0.141. The molecule has 1 saturated carbocycles. The van der Waals surface area contributed by atoms with Gasteiger partial charge in [-0.05, 0) is 25.2 Å². The Kier molecular flexibility index (Phi) is 3.54. The van der Waals surface area contributed by atoms with Crippen LogP contribution in [-0.2, 0) is 5.41 Å². The molecule has 0 spiro atoms. The third-order valence-corrected chi connectivity index (χ3v) is 4.31. The molecule has 1 aliphatic rings. The minimum absolute atomic E-state index is 0.141. The molecule has 0 heterocycles. The van der Waals surface area contributed by atoms with Gasteiger partial charge in [-0.15, -0.1) is 11.8 Å². The lowest BCUT2D eigenvalue weighted by atomic mass is 9.95. The highest BCUT2D eigenvalue weighted by atomic mass is 32.2. The molecule has 1 fully saturated rings. The molecule has 94 valence electrons. The smallest absolute Gasteiger partial charge is 0.139 e. The number of hydrogen-bond acceptors (Lipinski definition) is 4. The van der Waals surface area contributed by atoms with Gasteiger partial charge in [0.25, 0.3) is 0 Å². The van der Waals surface area contributed by atoms with Crippen molar-refractivity contribution in [2.45, 2.75) is 23.2 Å². The van der Waals surface area contributed by atoms with Gasteiger partial charge in [0.15, 0.2) is 0 Å². The fraction of sp³-hybridized carbons (Fsp3) is 0.538. The van der Waals surface area contributed by atoms with E-state index in [4.69, 9.17) is 15.2 Å². The van der Waals surface area contributed by atoms with E-state index in [9.17, 15) is 0 Å². The molecule has 0 atom stereocenters. The Morgan fingerprint density at radius 2 is 2.00 bits per heavy atom. The normalized spacial score (nSPS) is 16.7. The number of benzene rings is 1. The average Bonchev–Trinajstić information content (AvgIpc) is 3.17. The molecule has 2 N–H and O–H groups in total.